The van der Waals surface area contributed by atoms with Crippen molar-refractivity contribution in [3.8, 4) is 17.2 Å². The number of thioether (sulfide) groups is 1. The van der Waals surface area contributed by atoms with Crippen LogP contribution in [0.3, 0.4) is 0 Å². The normalized spacial score (nSPS) is 16.1. The molecule has 3 aromatic rings. The molecule has 8 nitrogen and oxygen atoms in total. The van der Waals surface area contributed by atoms with E-state index in [0.717, 1.165) is 17.7 Å². The molecule has 2 amide bonds. The summed E-state index contributed by atoms with van der Waals surface area (Å²) >= 11 is 7.32. The van der Waals surface area contributed by atoms with Gasteiger partial charge in [-0.1, -0.05) is 36.4 Å². The van der Waals surface area contributed by atoms with Gasteiger partial charge in [0.1, 0.15) is 11.0 Å². The van der Waals surface area contributed by atoms with E-state index in [-0.39, 0.29) is 18.2 Å². The second-order valence-electron chi connectivity index (χ2n) is 9.03. The van der Waals surface area contributed by atoms with Gasteiger partial charge in [-0.3, -0.25) is 14.5 Å². The molecule has 0 bridgehead atoms. The van der Waals surface area contributed by atoms with E-state index in [0.29, 0.717) is 52.6 Å². The number of rotatable bonds is 11. The minimum Gasteiger partial charge on any atom is -0.494 e. The van der Waals surface area contributed by atoms with E-state index in [1.165, 1.54) is 11.8 Å². The molecule has 1 atom stereocenters. The number of anilines is 1. The number of nitrogens with one attached hydrogen (secondary N) is 1. The summed E-state index contributed by atoms with van der Waals surface area (Å²) in [7, 11) is 3.17. The summed E-state index contributed by atoms with van der Waals surface area (Å²) in [6, 6.07) is 19.9. The van der Waals surface area contributed by atoms with Crippen molar-refractivity contribution in [2.45, 2.75) is 31.4 Å². The Labute approximate surface area is 243 Å². The lowest BCUT2D eigenvalue weighted by molar-refractivity contribution is -0.129. The largest absolute Gasteiger partial charge is 0.494 e. The number of halogens is 1. The van der Waals surface area contributed by atoms with Crippen molar-refractivity contribution in [2.24, 2.45) is 4.99 Å². The maximum Gasteiger partial charge on any atom is 0.238 e. The van der Waals surface area contributed by atoms with Crippen LogP contribution < -0.4 is 19.5 Å². The highest BCUT2D eigenvalue weighted by Crippen LogP contribution is 2.32. The summed E-state index contributed by atoms with van der Waals surface area (Å²) in [6.45, 7) is 3.06. The highest BCUT2D eigenvalue weighted by atomic mass is 35.5. The van der Waals surface area contributed by atoms with Crippen LogP contribution in [-0.2, 0) is 16.0 Å². The van der Waals surface area contributed by atoms with Crippen LogP contribution in [0.1, 0.15) is 25.3 Å². The fourth-order valence-corrected chi connectivity index (χ4v) is 5.29. The molecule has 1 saturated heterocycles. The average Bonchev–Trinajstić information content (AvgIpc) is 2.97. The van der Waals surface area contributed by atoms with Gasteiger partial charge >= 0.3 is 0 Å². The molecule has 1 N–H and O–H groups in total. The molecule has 1 unspecified atom stereocenters. The van der Waals surface area contributed by atoms with Crippen molar-refractivity contribution in [1.29, 1.82) is 0 Å². The quantitative estimate of drug-likeness (QED) is 0.284. The Balaban J connectivity index is 1.50. The Kier molecular flexibility index (Phi) is 10.3. The molecule has 0 saturated carbocycles. The topological polar surface area (TPSA) is 89.5 Å². The summed E-state index contributed by atoms with van der Waals surface area (Å²) in [5.41, 5.74) is 2.25. The first-order valence-electron chi connectivity index (χ1n) is 13.0. The maximum absolute atomic E-state index is 13.4. The number of nitrogens with zero attached hydrogens (tertiary/aromatic N) is 2. The molecule has 1 aliphatic rings. The molecule has 10 heteroatoms. The SMILES string of the molecule is CCCOc1ccc(NC(=O)C2CC(=O)N(CCc3ccc(OC)c(OC)c3)C(=Nc3ccc(Cl)cc3)S2)cc1. The average molecular weight is 582 g/mol. The molecule has 1 aliphatic heterocycles. The van der Waals surface area contributed by atoms with E-state index in [4.69, 9.17) is 30.8 Å². The molecule has 1 heterocycles. The first-order valence-corrected chi connectivity index (χ1v) is 14.2. The highest BCUT2D eigenvalue weighted by molar-refractivity contribution is 8.15. The number of amidine groups is 1. The van der Waals surface area contributed by atoms with Crippen molar-refractivity contribution < 1.29 is 23.8 Å². The molecule has 210 valence electrons. The highest BCUT2D eigenvalue weighted by Gasteiger charge is 2.36. The molecule has 3 aromatic carbocycles. The number of hydrogen-bond donors (Lipinski definition) is 1. The second-order valence-corrected chi connectivity index (χ2v) is 10.6. The lowest BCUT2D eigenvalue weighted by Crippen LogP contribution is -2.46. The predicted molar refractivity (Wildman–Crippen MR) is 160 cm³/mol. The van der Waals surface area contributed by atoms with Crippen LogP contribution in [0, 0.1) is 0 Å². The molecule has 40 heavy (non-hydrogen) atoms. The summed E-state index contributed by atoms with van der Waals surface area (Å²) < 4.78 is 16.4. The van der Waals surface area contributed by atoms with Gasteiger partial charge in [0.2, 0.25) is 11.8 Å². The lowest BCUT2D eigenvalue weighted by Gasteiger charge is -2.32. The second kappa shape index (κ2) is 14.1. The van der Waals surface area contributed by atoms with Gasteiger partial charge in [0.15, 0.2) is 16.7 Å². The van der Waals surface area contributed by atoms with Gasteiger partial charge in [0.05, 0.1) is 26.5 Å². The number of ether oxygens (including phenoxy) is 3. The smallest absolute Gasteiger partial charge is 0.238 e. The third-order valence-corrected chi connectivity index (χ3v) is 7.59. The molecule has 0 radical (unpaired) electrons. The Morgan fingerprint density at radius 2 is 1.77 bits per heavy atom. The molecule has 0 aliphatic carbocycles. The molecular weight excluding hydrogens is 550 g/mol. The van der Waals surface area contributed by atoms with Gasteiger partial charge < -0.3 is 19.5 Å². The molecular formula is C30H32ClN3O5S. The Hall–Kier alpha value is -3.69. The molecule has 1 fully saturated rings. The number of carbonyl (C=O) groups excluding carboxylic acids is 2. The number of hydrogen-bond acceptors (Lipinski definition) is 7. The van der Waals surface area contributed by atoms with Crippen molar-refractivity contribution in [1.82, 2.24) is 4.90 Å². The van der Waals surface area contributed by atoms with Crippen LogP contribution in [0.15, 0.2) is 71.7 Å². The number of amides is 2. The monoisotopic (exact) mass is 581 g/mol. The van der Waals surface area contributed by atoms with E-state index in [2.05, 4.69) is 5.32 Å². The summed E-state index contributed by atoms with van der Waals surface area (Å²) in [5.74, 6) is 1.57. The van der Waals surface area contributed by atoms with Gasteiger partial charge in [-0.05, 0) is 79.1 Å². The van der Waals surface area contributed by atoms with Crippen LogP contribution in [0.4, 0.5) is 11.4 Å². The summed E-state index contributed by atoms with van der Waals surface area (Å²) in [5, 5.41) is 3.34. The van der Waals surface area contributed by atoms with Crippen LogP contribution in [0.5, 0.6) is 17.2 Å². The van der Waals surface area contributed by atoms with Gasteiger partial charge in [0.25, 0.3) is 0 Å². The van der Waals surface area contributed by atoms with Gasteiger partial charge in [-0.15, -0.1) is 0 Å². The predicted octanol–water partition coefficient (Wildman–Crippen LogP) is 6.35. The van der Waals surface area contributed by atoms with Gasteiger partial charge in [-0.2, -0.15) is 0 Å². The van der Waals surface area contributed by atoms with Gasteiger partial charge in [-0.25, -0.2) is 4.99 Å². The van der Waals surface area contributed by atoms with Crippen molar-refractivity contribution >= 4 is 51.7 Å². The number of carbonyl (C=O) groups is 2. The summed E-state index contributed by atoms with van der Waals surface area (Å²) in [6.07, 6.45) is 1.53. The lowest BCUT2D eigenvalue weighted by atomic mass is 10.1. The third-order valence-electron chi connectivity index (χ3n) is 6.15. The van der Waals surface area contributed by atoms with Crippen LogP contribution in [0.2, 0.25) is 5.02 Å². The number of benzene rings is 3. The van der Waals surface area contributed by atoms with Crippen molar-refractivity contribution in [2.75, 3.05) is 32.7 Å². The number of methoxy groups -OCH3 is 2. The van der Waals surface area contributed by atoms with Crippen LogP contribution >= 0.6 is 23.4 Å². The van der Waals surface area contributed by atoms with E-state index < -0.39 is 5.25 Å². The van der Waals surface area contributed by atoms with E-state index in [1.54, 1.807) is 55.5 Å². The zero-order chi connectivity index (χ0) is 28.5. The zero-order valence-corrected chi connectivity index (χ0v) is 24.3. The standard InChI is InChI=1S/C30H32ClN3O5S/c1-4-17-39-24-12-10-22(11-13-24)32-29(36)27-19-28(35)34(30(40-27)33-23-8-6-21(31)7-9-23)16-15-20-5-14-25(37-2)26(18-20)38-3/h5-14,18,27H,4,15-17,19H2,1-3H3,(H,32,36). The maximum atomic E-state index is 13.4. The molecule has 0 spiro atoms. The minimum atomic E-state index is -0.633. The van der Waals surface area contributed by atoms with Crippen molar-refractivity contribution in [3.63, 3.8) is 0 Å². The molecule has 4 rings (SSSR count). The Morgan fingerprint density at radius 3 is 2.45 bits per heavy atom. The Bertz CT molecular complexity index is 1350. The minimum absolute atomic E-state index is 0.0553. The van der Waals surface area contributed by atoms with E-state index in [9.17, 15) is 9.59 Å². The molecule has 0 aromatic heterocycles. The Morgan fingerprint density at radius 1 is 1.05 bits per heavy atom. The van der Waals surface area contributed by atoms with Crippen LogP contribution in [-0.4, -0.2) is 54.5 Å². The first-order chi connectivity index (χ1) is 19.4. The van der Waals surface area contributed by atoms with Gasteiger partial charge in [0, 0.05) is 23.7 Å². The van der Waals surface area contributed by atoms with E-state index in [1.807, 2.05) is 37.3 Å². The fraction of sp³-hybridized carbons (Fsp3) is 0.300. The van der Waals surface area contributed by atoms with Crippen molar-refractivity contribution in [3.05, 3.63) is 77.3 Å². The third kappa shape index (κ3) is 7.70. The number of aliphatic imine (C=N–C) groups is 1. The zero-order valence-electron chi connectivity index (χ0n) is 22.7. The first kappa shape index (κ1) is 29.3. The van der Waals surface area contributed by atoms with Crippen LogP contribution in [0.25, 0.3) is 0 Å². The van der Waals surface area contributed by atoms with E-state index >= 15 is 0 Å². The summed E-state index contributed by atoms with van der Waals surface area (Å²) in [4.78, 5) is 32.9. The fourth-order valence-electron chi connectivity index (χ4n) is 4.04.